The van der Waals surface area contributed by atoms with Crippen LogP contribution in [0.25, 0.3) is 0 Å². The normalized spacial score (nSPS) is 14.2. The first kappa shape index (κ1) is 13.9. The average Bonchev–Trinajstić information content (AvgIpc) is 2.00. The van der Waals surface area contributed by atoms with E-state index >= 15 is 0 Å². The Balaban J connectivity index is 3.41. The molecule has 0 aromatic carbocycles. The molecular formula is C10H22O3S. The fourth-order valence-corrected chi connectivity index (χ4v) is 2.28. The molecule has 0 saturated carbocycles. The molecule has 0 aromatic heterocycles. The van der Waals surface area contributed by atoms with Gasteiger partial charge in [0.25, 0.3) is 0 Å². The molecule has 0 aliphatic carbocycles. The first-order chi connectivity index (χ1) is 6.45. The standard InChI is InChI=1S/C10H22O3S/c1-3-4-5-6-7-8-10(11)9-14(2,12)13/h10-11H,3-9H2,1-2H3. The van der Waals surface area contributed by atoms with Crippen molar-refractivity contribution in [3.05, 3.63) is 0 Å². The molecule has 4 heteroatoms. The van der Waals surface area contributed by atoms with Gasteiger partial charge < -0.3 is 5.11 Å². The Morgan fingerprint density at radius 3 is 2.21 bits per heavy atom. The SMILES string of the molecule is CCCCCCCC(O)CS(C)(=O)=O. The highest BCUT2D eigenvalue weighted by molar-refractivity contribution is 7.90. The molecule has 0 saturated heterocycles. The van der Waals surface area contributed by atoms with Crippen LogP contribution < -0.4 is 0 Å². The van der Waals surface area contributed by atoms with Crippen LogP contribution in [0.3, 0.4) is 0 Å². The lowest BCUT2D eigenvalue weighted by atomic mass is 10.1. The minimum Gasteiger partial charge on any atom is -0.392 e. The molecule has 0 amide bonds. The lowest BCUT2D eigenvalue weighted by molar-refractivity contribution is 0.183. The Morgan fingerprint density at radius 1 is 1.14 bits per heavy atom. The summed E-state index contributed by atoms with van der Waals surface area (Å²) in [5.74, 6) is -0.0965. The molecule has 0 rings (SSSR count). The Labute approximate surface area is 87.4 Å². The van der Waals surface area contributed by atoms with E-state index in [9.17, 15) is 13.5 Å². The Kier molecular flexibility index (Phi) is 7.19. The van der Waals surface area contributed by atoms with Gasteiger partial charge in [0.2, 0.25) is 0 Å². The maximum atomic E-state index is 10.8. The van der Waals surface area contributed by atoms with Crippen LogP contribution in [0.2, 0.25) is 0 Å². The zero-order valence-corrected chi connectivity index (χ0v) is 10.0. The quantitative estimate of drug-likeness (QED) is 0.637. The van der Waals surface area contributed by atoms with Crippen molar-refractivity contribution in [3.63, 3.8) is 0 Å². The second-order valence-corrected chi connectivity index (χ2v) is 6.13. The molecule has 1 unspecified atom stereocenters. The van der Waals surface area contributed by atoms with Crippen LogP contribution in [0.1, 0.15) is 45.4 Å². The van der Waals surface area contributed by atoms with Gasteiger partial charge in [0.15, 0.2) is 0 Å². The summed E-state index contributed by atoms with van der Waals surface area (Å²) in [7, 11) is -3.02. The molecule has 0 aliphatic rings. The summed E-state index contributed by atoms with van der Waals surface area (Å²) in [4.78, 5) is 0. The van der Waals surface area contributed by atoms with Crippen LogP contribution in [0.5, 0.6) is 0 Å². The van der Waals surface area contributed by atoms with Crippen LogP contribution in [0.4, 0.5) is 0 Å². The molecule has 0 radical (unpaired) electrons. The number of aliphatic hydroxyl groups excluding tert-OH is 1. The molecule has 0 fully saturated rings. The third-order valence-corrected chi connectivity index (χ3v) is 3.13. The van der Waals surface area contributed by atoms with Crippen molar-refractivity contribution in [1.82, 2.24) is 0 Å². The van der Waals surface area contributed by atoms with E-state index in [0.29, 0.717) is 6.42 Å². The molecule has 0 heterocycles. The minimum atomic E-state index is -3.02. The van der Waals surface area contributed by atoms with E-state index in [-0.39, 0.29) is 5.75 Å². The summed E-state index contributed by atoms with van der Waals surface area (Å²) in [6, 6.07) is 0. The smallest absolute Gasteiger partial charge is 0.149 e. The van der Waals surface area contributed by atoms with E-state index in [2.05, 4.69) is 6.92 Å². The monoisotopic (exact) mass is 222 g/mol. The van der Waals surface area contributed by atoms with E-state index in [1.807, 2.05) is 0 Å². The second-order valence-electron chi connectivity index (χ2n) is 3.95. The van der Waals surface area contributed by atoms with Gasteiger partial charge in [-0.3, -0.25) is 0 Å². The van der Waals surface area contributed by atoms with Crippen molar-refractivity contribution in [2.24, 2.45) is 0 Å². The summed E-state index contributed by atoms with van der Waals surface area (Å²) in [5, 5.41) is 9.36. The van der Waals surface area contributed by atoms with Crippen molar-refractivity contribution >= 4 is 9.84 Å². The number of rotatable bonds is 8. The fraction of sp³-hybridized carbons (Fsp3) is 1.00. The Bertz CT molecular complexity index is 222. The van der Waals surface area contributed by atoms with Gasteiger partial charge in [-0.2, -0.15) is 0 Å². The van der Waals surface area contributed by atoms with Crippen molar-refractivity contribution in [1.29, 1.82) is 0 Å². The van der Waals surface area contributed by atoms with Gasteiger partial charge in [-0.05, 0) is 6.42 Å². The zero-order valence-electron chi connectivity index (χ0n) is 9.20. The predicted molar refractivity (Wildman–Crippen MR) is 59.1 cm³/mol. The van der Waals surface area contributed by atoms with E-state index in [1.165, 1.54) is 19.3 Å². The predicted octanol–water partition coefficient (Wildman–Crippen LogP) is 1.75. The van der Waals surface area contributed by atoms with Gasteiger partial charge in [0, 0.05) is 6.26 Å². The first-order valence-corrected chi connectivity index (χ1v) is 7.37. The third kappa shape index (κ3) is 9.99. The molecule has 0 aliphatic heterocycles. The van der Waals surface area contributed by atoms with Crippen molar-refractivity contribution in [2.75, 3.05) is 12.0 Å². The van der Waals surface area contributed by atoms with Crippen LogP contribution >= 0.6 is 0 Å². The van der Waals surface area contributed by atoms with Gasteiger partial charge in [-0.15, -0.1) is 0 Å². The minimum absolute atomic E-state index is 0.0965. The van der Waals surface area contributed by atoms with Gasteiger partial charge in [0.1, 0.15) is 9.84 Å². The van der Waals surface area contributed by atoms with Crippen molar-refractivity contribution in [3.8, 4) is 0 Å². The molecular weight excluding hydrogens is 200 g/mol. The Hall–Kier alpha value is -0.0900. The molecule has 1 N–H and O–H groups in total. The number of unbranched alkanes of at least 4 members (excludes halogenated alkanes) is 4. The van der Waals surface area contributed by atoms with Crippen LogP contribution in [-0.2, 0) is 9.84 Å². The van der Waals surface area contributed by atoms with E-state index in [0.717, 1.165) is 19.1 Å². The van der Waals surface area contributed by atoms with Crippen molar-refractivity contribution in [2.45, 2.75) is 51.6 Å². The molecule has 0 spiro atoms. The largest absolute Gasteiger partial charge is 0.392 e. The van der Waals surface area contributed by atoms with Crippen molar-refractivity contribution < 1.29 is 13.5 Å². The lowest BCUT2D eigenvalue weighted by Crippen LogP contribution is -2.19. The number of hydrogen-bond acceptors (Lipinski definition) is 3. The van der Waals surface area contributed by atoms with E-state index in [4.69, 9.17) is 0 Å². The van der Waals surface area contributed by atoms with Gasteiger partial charge in [-0.25, -0.2) is 8.42 Å². The zero-order chi connectivity index (χ0) is 11.0. The maximum Gasteiger partial charge on any atom is 0.149 e. The number of aliphatic hydroxyl groups is 1. The lowest BCUT2D eigenvalue weighted by Gasteiger charge is -2.08. The van der Waals surface area contributed by atoms with Gasteiger partial charge in [-0.1, -0.05) is 39.0 Å². The molecule has 1 atom stereocenters. The molecule has 0 aromatic rings. The van der Waals surface area contributed by atoms with E-state index in [1.54, 1.807) is 0 Å². The molecule has 3 nitrogen and oxygen atoms in total. The number of sulfone groups is 1. The van der Waals surface area contributed by atoms with Crippen LogP contribution in [0.15, 0.2) is 0 Å². The highest BCUT2D eigenvalue weighted by Gasteiger charge is 2.11. The van der Waals surface area contributed by atoms with E-state index < -0.39 is 15.9 Å². The first-order valence-electron chi connectivity index (χ1n) is 5.31. The number of hydrogen-bond donors (Lipinski definition) is 1. The third-order valence-electron chi connectivity index (χ3n) is 2.14. The van der Waals surface area contributed by atoms with Crippen LogP contribution in [0, 0.1) is 0 Å². The molecule has 0 bridgehead atoms. The molecule has 86 valence electrons. The highest BCUT2D eigenvalue weighted by atomic mass is 32.2. The summed E-state index contributed by atoms with van der Waals surface area (Å²) in [6.45, 7) is 2.15. The Morgan fingerprint density at radius 2 is 1.71 bits per heavy atom. The summed E-state index contributed by atoms with van der Waals surface area (Å²) in [5.41, 5.74) is 0. The topological polar surface area (TPSA) is 54.4 Å². The average molecular weight is 222 g/mol. The van der Waals surface area contributed by atoms with Crippen LogP contribution in [-0.4, -0.2) is 31.6 Å². The summed E-state index contributed by atoms with van der Waals surface area (Å²) < 4.78 is 21.6. The summed E-state index contributed by atoms with van der Waals surface area (Å²) in [6.07, 6.45) is 6.72. The van der Waals surface area contributed by atoms with Gasteiger partial charge >= 0.3 is 0 Å². The molecule has 14 heavy (non-hydrogen) atoms. The maximum absolute atomic E-state index is 10.8. The summed E-state index contributed by atoms with van der Waals surface area (Å²) >= 11 is 0. The van der Waals surface area contributed by atoms with Gasteiger partial charge in [0.05, 0.1) is 11.9 Å². The fourth-order valence-electron chi connectivity index (χ4n) is 1.42. The second kappa shape index (κ2) is 7.23. The highest BCUT2D eigenvalue weighted by Crippen LogP contribution is 2.08.